The van der Waals surface area contributed by atoms with Crippen molar-refractivity contribution in [1.82, 2.24) is 9.97 Å². The molecule has 1 saturated carbocycles. The second-order valence-corrected chi connectivity index (χ2v) is 5.59. The molecule has 0 amide bonds. The first-order valence-corrected chi connectivity index (χ1v) is 5.95. The SMILES string of the molecule is CC(C)(C)Nc1cc(NC2CC2C(=O)O)ncn1. The minimum atomic E-state index is -0.755. The van der Waals surface area contributed by atoms with Crippen molar-refractivity contribution in [2.24, 2.45) is 5.92 Å². The van der Waals surface area contributed by atoms with Crippen LogP contribution in [0.4, 0.5) is 11.6 Å². The van der Waals surface area contributed by atoms with Gasteiger partial charge >= 0.3 is 5.97 Å². The second-order valence-electron chi connectivity index (χ2n) is 5.59. The summed E-state index contributed by atoms with van der Waals surface area (Å²) in [4.78, 5) is 18.9. The monoisotopic (exact) mass is 250 g/mol. The van der Waals surface area contributed by atoms with Gasteiger partial charge in [0.25, 0.3) is 0 Å². The van der Waals surface area contributed by atoms with Crippen molar-refractivity contribution in [3.63, 3.8) is 0 Å². The second kappa shape index (κ2) is 4.44. The highest BCUT2D eigenvalue weighted by atomic mass is 16.4. The maximum Gasteiger partial charge on any atom is 0.308 e. The molecule has 2 atom stereocenters. The summed E-state index contributed by atoms with van der Waals surface area (Å²) in [5, 5.41) is 15.2. The summed E-state index contributed by atoms with van der Waals surface area (Å²) >= 11 is 0. The molecule has 0 aliphatic heterocycles. The first kappa shape index (κ1) is 12.6. The lowest BCUT2D eigenvalue weighted by atomic mass is 10.1. The number of rotatable bonds is 4. The number of hydrogen-bond donors (Lipinski definition) is 3. The molecule has 0 saturated heterocycles. The number of nitrogens with one attached hydrogen (secondary N) is 2. The van der Waals surface area contributed by atoms with Gasteiger partial charge in [-0.05, 0) is 27.2 Å². The average Bonchev–Trinajstić information content (AvgIpc) is 2.95. The van der Waals surface area contributed by atoms with Crippen molar-refractivity contribution in [3.05, 3.63) is 12.4 Å². The van der Waals surface area contributed by atoms with E-state index in [0.717, 1.165) is 5.82 Å². The van der Waals surface area contributed by atoms with Gasteiger partial charge in [0.05, 0.1) is 5.92 Å². The molecule has 0 bridgehead atoms. The number of carboxylic acid groups (broad SMARTS) is 1. The van der Waals surface area contributed by atoms with Crippen molar-refractivity contribution in [3.8, 4) is 0 Å². The molecular formula is C12H18N4O2. The number of aromatic nitrogens is 2. The molecule has 3 N–H and O–H groups in total. The fraction of sp³-hybridized carbons (Fsp3) is 0.583. The third-order valence-electron chi connectivity index (χ3n) is 2.61. The van der Waals surface area contributed by atoms with Gasteiger partial charge in [0.2, 0.25) is 0 Å². The molecule has 1 aromatic rings. The highest BCUT2D eigenvalue weighted by Gasteiger charge is 2.43. The number of carbonyl (C=O) groups is 1. The van der Waals surface area contributed by atoms with E-state index in [1.807, 2.05) is 20.8 Å². The van der Waals surface area contributed by atoms with Crippen LogP contribution in [0.5, 0.6) is 0 Å². The third kappa shape index (κ3) is 3.32. The molecule has 0 radical (unpaired) electrons. The quantitative estimate of drug-likeness (QED) is 0.752. The number of anilines is 2. The fourth-order valence-corrected chi connectivity index (χ4v) is 1.71. The van der Waals surface area contributed by atoms with Crippen molar-refractivity contribution in [2.75, 3.05) is 10.6 Å². The van der Waals surface area contributed by atoms with Gasteiger partial charge in [-0.25, -0.2) is 9.97 Å². The van der Waals surface area contributed by atoms with E-state index in [1.54, 1.807) is 6.07 Å². The van der Waals surface area contributed by atoms with Gasteiger partial charge in [-0.15, -0.1) is 0 Å². The molecule has 6 nitrogen and oxygen atoms in total. The van der Waals surface area contributed by atoms with E-state index in [4.69, 9.17) is 5.11 Å². The third-order valence-corrected chi connectivity index (χ3v) is 2.61. The van der Waals surface area contributed by atoms with Gasteiger partial charge in [-0.3, -0.25) is 4.79 Å². The molecule has 0 aromatic carbocycles. The molecule has 2 rings (SSSR count). The van der Waals surface area contributed by atoms with Crippen LogP contribution in [0.25, 0.3) is 0 Å². The smallest absolute Gasteiger partial charge is 0.308 e. The minimum absolute atomic E-state index is 0.0140. The molecule has 1 aliphatic carbocycles. The predicted molar refractivity (Wildman–Crippen MR) is 68.6 cm³/mol. The van der Waals surface area contributed by atoms with Gasteiger partial charge in [-0.1, -0.05) is 0 Å². The Kier molecular flexibility index (Phi) is 3.11. The van der Waals surface area contributed by atoms with Crippen LogP contribution >= 0.6 is 0 Å². The Morgan fingerprint density at radius 1 is 1.39 bits per heavy atom. The maximum atomic E-state index is 10.7. The van der Waals surface area contributed by atoms with Crippen molar-refractivity contribution in [2.45, 2.75) is 38.8 Å². The average molecular weight is 250 g/mol. The first-order valence-electron chi connectivity index (χ1n) is 5.95. The maximum absolute atomic E-state index is 10.7. The zero-order chi connectivity index (χ0) is 13.3. The lowest BCUT2D eigenvalue weighted by Crippen LogP contribution is -2.26. The van der Waals surface area contributed by atoms with Crippen LogP contribution in [0, 0.1) is 5.92 Å². The molecule has 1 aromatic heterocycles. The van der Waals surface area contributed by atoms with Crippen LogP contribution in [0.2, 0.25) is 0 Å². The van der Waals surface area contributed by atoms with E-state index in [9.17, 15) is 4.79 Å². The molecule has 98 valence electrons. The Balaban J connectivity index is 1.98. The summed E-state index contributed by atoms with van der Waals surface area (Å²) in [6.45, 7) is 6.14. The Labute approximate surface area is 106 Å². The molecule has 2 unspecified atom stereocenters. The van der Waals surface area contributed by atoms with Gasteiger partial charge in [0.15, 0.2) is 0 Å². The molecule has 0 spiro atoms. The lowest BCUT2D eigenvalue weighted by Gasteiger charge is -2.21. The van der Waals surface area contributed by atoms with Crippen LogP contribution in [0.1, 0.15) is 27.2 Å². The van der Waals surface area contributed by atoms with Crippen molar-refractivity contribution in [1.29, 1.82) is 0 Å². The van der Waals surface area contributed by atoms with E-state index in [-0.39, 0.29) is 17.5 Å². The van der Waals surface area contributed by atoms with Gasteiger partial charge in [-0.2, -0.15) is 0 Å². The molecule has 18 heavy (non-hydrogen) atoms. The zero-order valence-corrected chi connectivity index (χ0v) is 10.8. The first-order chi connectivity index (χ1) is 8.35. The van der Waals surface area contributed by atoms with Crippen LogP contribution in [0.3, 0.4) is 0 Å². The van der Waals surface area contributed by atoms with E-state index in [1.165, 1.54) is 6.33 Å². The van der Waals surface area contributed by atoms with Crippen molar-refractivity contribution >= 4 is 17.6 Å². The van der Waals surface area contributed by atoms with E-state index < -0.39 is 5.97 Å². The molecule has 1 heterocycles. The largest absolute Gasteiger partial charge is 0.481 e. The standard InChI is InChI=1S/C12H18N4O2/c1-12(2,3)16-10-5-9(13-6-14-10)15-8-4-7(8)11(17)18/h5-8H,4H2,1-3H3,(H,17,18)(H2,13,14,15,16). The summed E-state index contributed by atoms with van der Waals surface area (Å²) in [5.74, 6) is 0.339. The van der Waals surface area contributed by atoms with Crippen LogP contribution < -0.4 is 10.6 Å². The van der Waals surface area contributed by atoms with E-state index >= 15 is 0 Å². The van der Waals surface area contributed by atoms with Crippen LogP contribution in [-0.2, 0) is 4.79 Å². The molecule has 1 aliphatic rings. The summed E-state index contributed by atoms with van der Waals surface area (Å²) in [5.41, 5.74) is -0.0746. The summed E-state index contributed by atoms with van der Waals surface area (Å²) in [6, 6.07) is 1.78. The summed E-state index contributed by atoms with van der Waals surface area (Å²) in [7, 11) is 0. The summed E-state index contributed by atoms with van der Waals surface area (Å²) < 4.78 is 0. The topological polar surface area (TPSA) is 87.1 Å². The Morgan fingerprint density at radius 3 is 2.61 bits per heavy atom. The van der Waals surface area contributed by atoms with Crippen LogP contribution in [-0.4, -0.2) is 32.6 Å². The Bertz CT molecular complexity index is 456. The number of carboxylic acids is 1. The zero-order valence-electron chi connectivity index (χ0n) is 10.8. The van der Waals surface area contributed by atoms with Gasteiger partial charge in [0, 0.05) is 17.6 Å². The highest BCUT2D eigenvalue weighted by Crippen LogP contribution is 2.33. The number of hydrogen-bond acceptors (Lipinski definition) is 5. The summed E-state index contributed by atoms with van der Waals surface area (Å²) in [6.07, 6.45) is 2.12. The van der Waals surface area contributed by atoms with E-state index in [0.29, 0.717) is 12.2 Å². The van der Waals surface area contributed by atoms with Crippen molar-refractivity contribution < 1.29 is 9.90 Å². The lowest BCUT2D eigenvalue weighted by molar-refractivity contribution is -0.138. The minimum Gasteiger partial charge on any atom is -0.481 e. The number of nitrogens with zero attached hydrogens (tertiary/aromatic N) is 2. The van der Waals surface area contributed by atoms with Crippen LogP contribution in [0.15, 0.2) is 12.4 Å². The molecular weight excluding hydrogens is 232 g/mol. The molecule has 6 heteroatoms. The van der Waals surface area contributed by atoms with E-state index in [2.05, 4.69) is 20.6 Å². The number of aliphatic carboxylic acids is 1. The Morgan fingerprint density at radius 2 is 2.06 bits per heavy atom. The normalized spacial score (nSPS) is 22.4. The predicted octanol–water partition coefficient (Wildman–Crippen LogP) is 1.57. The van der Waals surface area contributed by atoms with Gasteiger partial charge in [0.1, 0.15) is 18.0 Å². The highest BCUT2D eigenvalue weighted by molar-refractivity contribution is 5.75. The Hall–Kier alpha value is -1.85. The fourth-order valence-electron chi connectivity index (χ4n) is 1.71. The van der Waals surface area contributed by atoms with Gasteiger partial charge < -0.3 is 15.7 Å². The molecule has 1 fully saturated rings.